The molecule has 3 atom stereocenters. The standard InChI is InChI=1S/C50H95NO4/c1-3-5-7-9-11-13-14-15-16-17-18-19-20-21-22-23-24-25-26-27-28-29-30-31-32-33-34-36-37-39-41-43-47(53)45-50(55)51-48(46-52)49(54)44-42-40-38-35-12-10-8-6-4-2/h12,21-22,35,42,44,47-49,52-54H,3-11,13-20,23-34,36-41,43,45-46H2,1-2H3,(H,51,55)/b22-21-,35-12+,44-42+. The lowest BCUT2D eigenvalue weighted by Crippen LogP contribution is -2.45. The molecule has 0 aromatic heterocycles. The molecule has 0 aliphatic rings. The lowest BCUT2D eigenvalue weighted by atomic mass is 10.0. The highest BCUT2D eigenvalue weighted by atomic mass is 16.3. The fourth-order valence-corrected chi connectivity index (χ4v) is 7.41. The van der Waals surface area contributed by atoms with Crippen LogP contribution >= 0.6 is 0 Å². The summed E-state index contributed by atoms with van der Waals surface area (Å²) in [5, 5.41) is 33.1. The molecule has 0 radical (unpaired) electrons. The topological polar surface area (TPSA) is 89.8 Å². The Hall–Kier alpha value is -1.43. The average molecular weight is 774 g/mol. The maximum absolute atomic E-state index is 12.4. The van der Waals surface area contributed by atoms with E-state index in [1.54, 1.807) is 6.08 Å². The van der Waals surface area contributed by atoms with Crippen LogP contribution in [0.25, 0.3) is 0 Å². The van der Waals surface area contributed by atoms with Gasteiger partial charge in [-0.1, -0.05) is 224 Å². The Bertz CT molecular complexity index is 855. The minimum atomic E-state index is -0.948. The van der Waals surface area contributed by atoms with Crippen LogP contribution < -0.4 is 5.32 Å². The van der Waals surface area contributed by atoms with Gasteiger partial charge in [0, 0.05) is 0 Å². The van der Waals surface area contributed by atoms with E-state index in [0.717, 1.165) is 32.1 Å². The van der Waals surface area contributed by atoms with Crippen LogP contribution in [0, 0.1) is 0 Å². The predicted octanol–water partition coefficient (Wildman–Crippen LogP) is 14.3. The molecule has 0 aliphatic heterocycles. The molecule has 0 spiro atoms. The molecule has 4 N–H and O–H groups in total. The first kappa shape index (κ1) is 53.6. The number of carbonyl (C=O) groups excluding carboxylic acids is 1. The molecule has 0 saturated carbocycles. The summed E-state index contributed by atoms with van der Waals surface area (Å²) >= 11 is 0. The van der Waals surface area contributed by atoms with Crippen molar-refractivity contribution in [3.8, 4) is 0 Å². The van der Waals surface area contributed by atoms with Crippen LogP contribution in [-0.2, 0) is 4.79 Å². The number of hydrogen-bond donors (Lipinski definition) is 4. The molecule has 5 nitrogen and oxygen atoms in total. The highest BCUT2D eigenvalue weighted by molar-refractivity contribution is 5.76. The Balaban J connectivity index is 3.49. The zero-order valence-corrected chi connectivity index (χ0v) is 36.8. The number of unbranched alkanes of at least 4 members (excludes halogenated alkanes) is 31. The van der Waals surface area contributed by atoms with E-state index in [1.807, 2.05) is 6.08 Å². The Labute approximate surface area is 343 Å². The quantitative estimate of drug-likeness (QED) is 0.0367. The Morgan fingerprint density at radius 1 is 0.455 bits per heavy atom. The van der Waals surface area contributed by atoms with Crippen molar-refractivity contribution in [3.63, 3.8) is 0 Å². The van der Waals surface area contributed by atoms with Gasteiger partial charge >= 0.3 is 0 Å². The molecular formula is C50H95NO4. The summed E-state index contributed by atoms with van der Waals surface area (Å²) in [6.45, 7) is 4.15. The summed E-state index contributed by atoms with van der Waals surface area (Å²) in [7, 11) is 0. The summed E-state index contributed by atoms with van der Waals surface area (Å²) < 4.78 is 0. The van der Waals surface area contributed by atoms with Crippen LogP contribution in [-0.4, -0.2) is 46.1 Å². The molecule has 0 aliphatic carbocycles. The van der Waals surface area contributed by atoms with Crippen molar-refractivity contribution >= 4 is 5.91 Å². The molecule has 0 fully saturated rings. The van der Waals surface area contributed by atoms with Crippen LogP contribution in [0.3, 0.4) is 0 Å². The van der Waals surface area contributed by atoms with Crippen molar-refractivity contribution in [1.29, 1.82) is 0 Å². The van der Waals surface area contributed by atoms with E-state index in [4.69, 9.17) is 0 Å². The lowest BCUT2D eigenvalue weighted by molar-refractivity contribution is -0.124. The zero-order chi connectivity index (χ0) is 40.1. The summed E-state index contributed by atoms with van der Waals surface area (Å²) in [6, 6.07) is -0.758. The van der Waals surface area contributed by atoms with Crippen molar-refractivity contribution in [2.45, 2.75) is 270 Å². The molecule has 324 valence electrons. The predicted molar refractivity (Wildman–Crippen MR) is 241 cm³/mol. The number of nitrogens with one attached hydrogen (secondary N) is 1. The second-order valence-corrected chi connectivity index (χ2v) is 16.7. The third-order valence-electron chi connectivity index (χ3n) is 11.1. The highest BCUT2D eigenvalue weighted by Crippen LogP contribution is 2.16. The van der Waals surface area contributed by atoms with Gasteiger partial charge in [0.25, 0.3) is 0 Å². The molecular weight excluding hydrogens is 679 g/mol. The summed E-state index contributed by atoms with van der Waals surface area (Å²) in [5.41, 5.74) is 0. The van der Waals surface area contributed by atoms with E-state index in [2.05, 4.69) is 43.5 Å². The third-order valence-corrected chi connectivity index (χ3v) is 11.1. The van der Waals surface area contributed by atoms with Crippen LogP contribution in [0.1, 0.15) is 251 Å². The van der Waals surface area contributed by atoms with Crippen LogP contribution in [0.5, 0.6) is 0 Å². The fourth-order valence-electron chi connectivity index (χ4n) is 7.41. The molecule has 0 aromatic carbocycles. The lowest BCUT2D eigenvalue weighted by Gasteiger charge is -2.21. The van der Waals surface area contributed by atoms with Gasteiger partial charge in [-0.25, -0.2) is 0 Å². The van der Waals surface area contributed by atoms with E-state index < -0.39 is 18.2 Å². The summed E-state index contributed by atoms with van der Waals surface area (Å²) in [6.07, 6.45) is 57.6. The second kappa shape index (κ2) is 45.3. The molecule has 0 saturated heterocycles. The van der Waals surface area contributed by atoms with Crippen molar-refractivity contribution in [2.75, 3.05) is 6.61 Å². The van der Waals surface area contributed by atoms with Gasteiger partial charge in [-0.15, -0.1) is 0 Å². The number of allylic oxidation sites excluding steroid dienone is 5. The number of rotatable bonds is 44. The maximum Gasteiger partial charge on any atom is 0.222 e. The van der Waals surface area contributed by atoms with Crippen molar-refractivity contribution < 1.29 is 20.1 Å². The molecule has 0 heterocycles. The van der Waals surface area contributed by atoms with Crippen molar-refractivity contribution in [2.24, 2.45) is 0 Å². The third kappa shape index (κ3) is 42.0. The van der Waals surface area contributed by atoms with Gasteiger partial charge in [0.15, 0.2) is 0 Å². The SMILES string of the molecule is CCCCC/C=C/CC/C=C/C(O)C(CO)NC(=O)CC(O)CCCCCCCCCCCCCCCCC/C=C\CCCCCCCCCCCCCC. The average Bonchev–Trinajstić information content (AvgIpc) is 3.18. The molecule has 55 heavy (non-hydrogen) atoms. The Kier molecular flexibility index (Phi) is 44.1. The number of aliphatic hydroxyl groups is 3. The summed E-state index contributed by atoms with van der Waals surface area (Å²) in [5.74, 6) is -0.326. The van der Waals surface area contributed by atoms with Gasteiger partial charge in [0.2, 0.25) is 5.91 Å². The first-order valence-corrected chi connectivity index (χ1v) is 24.3. The number of aliphatic hydroxyl groups excluding tert-OH is 3. The molecule has 5 heteroatoms. The second-order valence-electron chi connectivity index (χ2n) is 16.7. The van der Waals surface area contributed by atoms with Gasteiger partial charge in [-0.2, -0.15) is 0 Å². The van der Waals surface area contributed by atoms with E-state index >= 15 is 0 Å². The van der Waals surface area contributed by atoms with Gasteiger partial charge < -0.3 is 20.6 Å². The molecule has 0 aromatic rings. The van der Waals surface area contributed by atoms with E-state index in [9.17, 15) is 20.1 Å². The van der Waals surface area contributed by atoms with Crippen LogP contribution in [0.15, 0.2) is 36.5 Å². The van der Waals surface area contributed by atoms with E-state index in [-0.39, 0.29) is 18.9 Å². The van der Waals surface area contributed by atoms with Gasteiger partial charge in [0.05, 0.1) is 31.3 Å². The van der Waals surface area contributed by atoms with E-state index in [1.165, 1.54) is 193 Å². The van der Waals surface area contributed by atoms with Crippen molar-refractivity contribution in [3.05, 3.63) is 36.5 Å². The van der Waals surface area contributed by atoms with Crippen LogP contribution in [0.2, 0.25) is 0 Å². The molecule has 1 amide bonds. The smallest absolute Gasteiger partial charge is 0.222 e. The van der Waals surface area contributed by atoms with Crippen LogP contribution in [0.4, 0.5) is 0 Å². The Morgan fingerprint density at radius 3 is 1.20 bits per heavy atom. The highest BCUT2D eigenvalue weighted by Gasteiger charge is 2.20. The normalized spacial score (nSPS) is 13.8. The monoisotopic (exact) mass is 774 g/mol. The van der Waals surface area contributed by atoms with Gasteiger partial charge in [0.1, 0.15) is 0 Å². The fraction of sp³-hybridized carbons (Fsp3) is 0.860. The summed E-state index contributed by atoms with van der Waals surface area (Å²) in [4.78, 5) is 12.4. The van der Waals surface area contributed by atoms with Gasteiger partial charge in [-0.05, 0) is 57.8 Å². The first-order chi connectivity index (χ1) is 27.0. The zero-order valence-electron chi connectivity index (χ0n) is 36.8. The molecule has 3 unspecified atom stereocenters. The van der Waals surface area contributed by atoms with E-state index in [0.29, 0.717) is 6.42 Å². The maximum atomic E-state index is 12.4. The molecule has 0 rings (SSSR count). The molecule has 0 bridgehead atoms. The van der Waals surface area contributed by atoms with Crippen molar-refractivity contribution in [1.82, 2.24) is 5.32 Å². The largest absolute Gasteiger partial charge is 0.394 e. The minimum absolute atomic E-state index is 0.00689. The first-order valence-electron chi connectivity index (χ1n) is 24.3. The van der Waals surface area contributed by atoms with Gasteiger partial charge in [-0.3, -0.25) is 4.79 Å². The number of amides is 1. The minimum Gasteiger partial charge on any atom is -0.394 e. The number of hydrogen-bond acceptors (Lipinski definition) is 4. The number of carbonyl (C=O) groups is 1. The Morgan fingerprint density at radius 2 is 0.782 bits per heavy atom.